The summed E-state index contributed by atoms with van der Waals surface area (Å²) in [6.07, 6.45) is 4.94. The fourth-order valence-corrected chi connectivity index (χ4v) is 5.79. The minimum absolute atomic E-state index is 0.235. The van der Waals surface area contributed by atoms with E-state index in [1.165, 1.54) is 0 Å². The Morgan fingerprint density at radius 3 is 2.41 bits per heavy atom. The fourth-order valence-electron chi connectivity index (χ4n) is 5.49. The van der Waals surface area contributed by atoms with Crippen molar-refractivity contribution in [2.75, 3.05) is 19.5 Å². The lowest BCUT2D eigenvalue weighted by molar-refractivity contribution is 0.102. The number of aryl methyl sites for hydroxylation is 2. The summed E-state index contributed by atoms with van der Waals surface area (Å²) in [4.78, 5) is 14.1. The molecule has 0 saturated heterocycles. The minimum Gasteiger partial charge on any atom is -0.497 e. The van der Waals surface area contributed by atoms with Gasteiger partial charge in [-0.15, -0.1) is 0 Å². The van der Waals surface area contributed by atoms with Gasteiger partial charge in [-0.25, -0.2) is 0 Å². The normalized spacial score (nSPS) is 12.8. The van der Waals surface area contributed by atoms with Crippen LogP contribution in [0.4, 0.5) is 5.69 Å². The first-order valence-corrected chi connectivity index (χ1v) is 13.6. The number of carbonyl (C=O) groups is 1. The van der Waals surface area contributed by atoms with E-state index in [1.807, 2.05) is 52.9 Å². The van der Waals surface area contributed by atoms with Crippen LogP contribution in [-0.2, 0) is 13.0 Å². The molecule has 198 valence electrons. The van der Waals surface area contributed by atoms with E-state index < -0.39 is 0 Å². The zero-order valence-corrected chi connectivity index (χ0v) is 23.1. The van der Waals surface area contributed by atoms with Crippen molar-refractivity contribution in [2.24, 2.45) is 0 Å². The van der Waals surface area contributed by atoms with Crippen molar-refractivity contribution in [1.29, 1.82) is 0 Å². The van der Waals surface area contributed by atoms with Crippen LogP contribution in [0.25, 0.3) is 28.0 Å². The molecule has 8 heteroatoms. The van der Waals surface area contributed by atoms with Crippen molar-refractivity contribution in [3.05, 3.63) is 94.2 Å². The highest BCUT2D eigenvalue weighted by atomic mass is 35.5. The van der Waals surface area contributed by atoms with Gasteiger partial charge in [0.2, 0.25) is 0 Å². The Bertz CT molecular complexity index is 1700. The zero-order valence-electron chi connectivity index (χ0n) is 21.6. The molecule has 1 aliphatic rings. The van der Waals surface area contributed by atoms with Gasteiger partial charge in [-0.3, -0.25) is 9.20 Å². The molecule has 1 N–H and O–H groups in total. The third kappa shape index (κ3) is 4.44. The van der Waals surface area contributed by atoms with Gasteiger partial charge in [-0.2, -0.15) is 0 Å². The molecule has 0 radical (unpaired) electrons. The Kier molecular flexibility index (Phi) is 6.75. The molecule has 0 saturated carbocycles. The van der Waals surface area contributed by atoms with Crippen LogP contribution in [0.3, 0.4) is 0 Å². The number of anilines is 1. The number of nitrogens with one attached hydrogen (secondary N) is 1. The van der Waals surface area contributed by atoms with Crippen LogP contribution < -0.4 is 14.8 Å². The van der Waals surface area contributed by atoms with Gasteiger partial charge in [0.1, 0.15) is 22.8 Å². The van der Waals surface area contributed by atoms with Crippen LogP contribution >= 0.6 is 23.2 Å². The Morgan fingerprint density at radius 2 is 1.67 bits per heavy atom. The van der Waals surface area contributed by atoms with Crippen molar-refractivity contribution >= 4 is 40.4 Å². The molecule has 0 unspecified atom stereocenters. The standard InChI is InChI=1S/C31H27Cl2N3O3/c1-38-21-13-10-19(11-14-21)26-18-36-29(30(37)34-25-8-3-4-9-27(25)39-2)28(20-12-15-23(32)24(33)17-20)22-7-5-6-16-35(26)31(22)36/h3-4,8-15,17-18H,5-7,16H2,1-2H3,(H,34,37). The lowest BCUT2D eigenvalue weighted by Gasteiger charge is -2.12. The molecule has 0 spiro atoms. The summed E-state index contributed by atoms with van der Waals surface area (Å²) in [6.45, 7) is 0.850. The van der Waals surface area contributed by atoms with Crippen LogP contribution in [0.2, 0.25) is 10.0 Å². The molecule has 0 aliphatic carbocycles. The van der Waals surface area contributed by atoms with E-state index in [2.05, 4.69) is 28.2 Å². The number of halogens is 2. The molecule has 1 amide bonds. The average molecular weight is 560 g/mol. The van der Waals surface area contributed by atoms with E-state index in [4.69, 9.17) is 32.7 Å². The monoisotopic (exact) mass is 559 g/mol. The summed E-state index contributed by atoms with van der Waals surface area (Å²) in [5.41, 5.74) is 7.10. The maximum atomic E-state index is 14.1. The lowest BCUT2D eigenvalue weighted by atomic mass is 9.97. The second-order valence-corrected chi connectivity index (χ2v) is 10.3. The Labute approximate surface area is 236 Å². The molecule has 6 rings (SSSR count). The molecular formula is C31H27Cl2N3O3. The van der Waals surface area contributed by atoms with Crippen LogP contribution in [0, 0.1) is 0 Å². The Morgan fingerprint density at radius 1 is 0.897 bits per heavy atom. The smallest absolute Gasteiger partial charge is 0.273 e. The van der Waals surface area contributed by atoms with E-state index in [0.717, 1.165) is 65.2 Å². The molecule has 0 atom stereocenters. The van der Waals surface area contributed by atoms with Gasteiger partial charge in [-0.1, -0.05) is 41.4 Å². The maximum absolute atomic E-state index is 14.1. The topological polar surface area (TPSA) is 56.9 Å². The van der Waals surface area contributed by atoms with Crippen LogP contribution in [0.5, 0.6) is 11.5 Å². The highest BCUT2D eigenvalue weighted by molar-refractivity contribution is 6.42. The first kappa shape index (κ1) is 25.4. The number of methoxy groups -OCH3 is 2. The van der Waals surface area contributed by atoms with E-state index in [0.29, 0.717) is 27.2 Å². The third-order valence-electron chi connectivity index (χ3n) is 7.30. The van der Waals surface area contributed by atoms with Gasteiger partial charge >= 0.3 is 0 Å². The maximum Gasteiger partial charge on any atom is 0.273 e. The number of imidazole rings is 1. The van der Waals surface area contributed by atoms with Crippen LogP contribution in [0.1, 0.15) is 28.9 Å². The first-order chi connectivity index (χ1) is 19.0. The van der Waals surface area contributed by atoms with Gasteiger partial charge in [0.05, 0.1) is 35.6 Å². The first-order valence-electron chi connectivity index (χ1n) is 12.8. The van der Waals surface area contributed by atoms with Gasteiger partial charge in [0, 0.05) is 23.9 Å². The molecule has 1 aliphatic heterocycles. The highest BCUT2D eigenvalue weighted by Crippen LogP contribution is 2.41. The van der Waals surface area contributed by atoms with E-state index in [-0.39, 0.29) is 5.91 Å². The number of hydrogen-bond donors (Lipinski definition) is 1. The lowest BCUT2D eigenvalue weighted by Crippen LogP contribution is -2.16. The van der Waals surface area contributed by atoms with E-state index in [9.17, 15) is 4.79 Å². The zero-order chi connectivity index (χ0) is 27.1. The predicted molar refractivity (Wildman–Crippen MR) is 157 cm³/mol. The molecule has 0 fully saturated rings. The molecular weight excluding hydrogens is 533 g/mol. The molecule has 3 heterocycles. The Balaban J connectivity index is 1.60. The number of para-hydroxylation sites is 2. The highest BCUT2D eigenvalue weighted by Gasteiger charge is 2.30. The number of amides is 1. The molecule has 0 bridgehead atoms. The van der Waals surface area contributed by atoms with Crippen molar-refractivity contribution in [1.82, 2.24) is 8.97 Å². The summed E-state index contributed by atoms with van der Waals surface area (Å²) >= 11 is 12.7. The van der Waals surface area contributed by atoms with Crippen LogP contribution in [-0.4, -0.2) is 29.1 Å². The fraction of sp³-hybridized carbons (Fsp3) is 0.194. The summed E-state index contributed by atoms with van der Waals surface area (Å²) in [5.74, 6) is 1.15. The number of hydrogen-bond acceptors (Lipinski definition) is 3. The summed E-state index contributed by atoms with van der Waals surface area (Å²) < 4.78 is 15.2. The van der Waals surface area contributed by atoms with Crippen molar-refractivity contribution in [3.8, 4) is 33.9 Å². The third-order valence-corrected chi connectivity index (χ3v) is 8.04. The number of ether oxygens (including phenoxy) is 2. The largest absolute Gasteiger partial charge is 0.497 e. The number of nitrogens with zero attached hydrogens (tertiary/aromatic N) is 2. The van der Waals surface area contributed by atoms with Gasteiger partial charge in [0.25, 0.3) is 5.91 Å². The van der Waals surface area contributed by atoms with Gasteiger partial charge < -0.3 is 19.4 Å². The molecule has 6 nitrogen and oxygen atoms in total. The van der Waals surface area contributed by atoms with Crippen LogP contribution in [0.15, 0.2) is 72.9 Å². The SMILES string of the molecule is COc1ccc(-c2cn3c(C(=O)Nc4ccccc4OC)c(-c4ccc(Cl)c(Cl)c4)c4c3n2CCCC4)cc1. The quantitative estimate of drug-likeness (QED) is 0.229. The van der Waals surface area contributed by atoms with E-state index >= 15 is 0 Å². The second-order valence-electron chi connectivity index (χ2n) is 9.53. The molecule has 5 aromatic rings. The van der Waals surface area contributed by atoms with Crippen molar-refractivity contribution < 1.29 is 14.3 Å². The molecule has 39 heavy (non-hydrogen) atoms. The Hall–Kier alpha value is -3.87. The van der Waals surface area contributed by atoms with Crippen molar-refractivity contribution in [2.45, 2.75) is 25.8 Å². The molecule has 3 aromatic carbocycles. The number of rotatable bonds is 6. The summed E-state index contributed by atoms with van der Waals surface area (Å²) in [6, 6.07) is 21.0. The summed E-state index contributed by atoms with van der Waals surface area (Å²) in [7, 11) is 3.25. The number of aromatic nitrogens is 2. The average Bonchev–Trinajstić information content (AvgIpc) is 3.38. The van der Waals surface area contributed by atoms with Gasteiger partial charge in [0.15, 0.2) is 0 Å². The molecule has 2 aromatic heterocycles. The predicted octanol–water partition coefficient (Wildman–Crippen LogP) is 7.99. The van der Waals surface area contributed by atoms with Crippen molar-refractivity contribution in [3.63, 3.8) is 0 Å². The van der Waals surface area contributed by atoms with E-state index in [1.54, 1.807) is 20.3 Å². The summed E-state index contributed by atoms with van der Waals surface area (Å²) in [5, 5.41) is 4.01. The number of benzene rings is 3. The number of carbonyl (C=O) groups excluding carboxylic acids is 1. The van der Waals surface area contributed by atoms with Gasteiger partial charge in [-0.05, 0) is 78.9 Å². The minimum atomic E-state index is -0.235. The second kappa shape index (κ2) is 10.4.